The fourth-order valence-corrected chi connectivity index (χ4v) is 2.14. The zero-order valence-corrected chi connectivity index (χ0v) is 12.6. The summed E-state index contributed by atoms with van der Waals surface area (Å²) in [5.74, 6) is 0.668. The van der Waals surface area contributed by atoms with Crippen molar-refractivity contribution in [2.24, 2.45) is 5.92 Å². The predicted molar refractivity (Wildman–Crippen MR) is 80.2 cm³/mol. The summed E-state index contributed by atoms with van der Waals surface area (Å²) in [5, 5.41) is 8.80. The number of carboxylic acids is 1. The third kappa shape index (κ3) is 6.57. The van der Waals surface area contributed by atoms with Crippen LogP contribution in [-0.4, -0.2) is 42.7 Å². The summed E-state index contributed by atoms with van der Waals surface area (Å²) in [6, 6.07) is 8.03. The number of hydrogen-bond donors (Lipinski definition) is 1. The molecule has 0 saturated heterocycles. The van der Waals surface area contributed by atoms with Crippen LogP contribution in [0.3, 0.4) is 0 Å². The molecule has 0 aliphatic carbocycles. The maximum Gasteiger partial charge on any atom is 0.304 e. The molecule has 0 aliphatic rings. The Morgan fingerprint density at radius 1 is 1.25 bits per heavy atom. The highest BCUT2D eigenvalue weighted by Gasteiger charge is 2.09. The van der Waals surface area contributed by atoms with Gasteiger partial charge in [0.2, 0.25) is 0 Å². The van der Waals surface area contributed by atoms with Crippen molar-refractivity contribution in [3.05, 3.63) is 29.8 Å². The zero-order chi connectivity index (χ0) is 15.0. The molecule has 4 nitrogen and oxygen atoms in total. The zero-order valence-electron chi connectivity index (χ0n) is 12.6. The largest absolute Gasteiger partial charge is 0.497 e. The molecule has 0 saturated carbocycles. The average Bonchev–Trinajstić information content (AvgIpc) is 2.42. The van der Waals surface area contributed by atoms with E-state index < -0.39 is 5.97 Å². The number of benzene rings is 1. The summed E-state index contributed by atoms with van der Waals surface area (Å²) in [6.07, 6.45) is 1.13. The first-order valence-electron chi connectivity index (χ1n) is 7.08. The number of nitrogens with zero attached hydrogens (tertiary/aromatic N) is 1. The van der Waals surface area contributed by atoms with E-state index in [0.29, 0.717) is 12.5 Å². The minimum absolute atomic E-state index is 0.204. The molecule has 4 heteroatoms. The highest BCUT2D eigenvalue weighted by atomic mass is 16.5. The van der Waals surface area contributed by atoms with E-state index in [4.69, 9.17) is 9.84 Å². The molecule has 1 rings (SSSR count). The quantitative estimate of drug-likeness (QED) is 0.755. The van der Waals surface area contributed by atoms with Gasteiger partial charge in [-0.1, -0.05) is 26.0 Å². The van der Waals surface area contributed by atoms with Gasteiger partial charge in [0.1, 0.15) is 5.75 Å². The van der Waals surface area contributed by atoms with E-state index in [0.717, 1.165) is 25.3 Å². The lowest BCUT2D eigenvalue weighted by molar-refractivity contribution is -0.137. The lowest BCUT2D eigenvalue weighted by atomic mass is 10.1. The van der Waals surface area contributed by atoms with Gasteiger partial charge in [-0.15, -0.1) is 0 Å². The molecule has 1 N–H and O–H groups in total. The maximum absolute atomic E-state index is 10.7. The van der Waals surface area contributed by atoms with Crippen molar-refractivity contribution in [2.75, 3.05) is 26.7 Å². The van der Waals surface area contributed by atoms with Gasteiger partial charge >= 0.3 is 5.97 Å². The van der Waals surface area contributed by atoms with Crippen molar-refractivity contribution in [3.63, 3.8) is 0 Å². The standard InChI is InChI=1S/C16H25NO3/c1-13(2)12-17(11-9-16(18)19)10-8-14-4-6-15(20-3)7-5-14/h4-7,13H,8-12H2,1-3H3,(H,18,19). The maximum atomic E-state index is 10.7. The highest BCUT2D eigenvalue weighted by molar-refractivity contribution is 5.66. The summed E-state index contributed by atoms with van der Waals surface area (Å²) < 4.78 is 5.14. The predicted octanol–water partition coefficient (Wildman–Crippen LogP) is 2.67. The molecule has 0 aromatic heterocycles. The van der Waals surface area contributed by atoms with E-state index in [1.807, 2.05) is 12.1 Å². The van der Waals surface area contributed by atoms with Crippen LogP contribution >= 0.6 is 0 Å². The summed E-state index contributed by atoms with van der Waals surface area (Å²) in [6.45, 7) is 6.74. The summed E-state index contributed by atoms with van der Waals surface area (Å²) >= 11 is 0. The molecule has 0 fully saturated rings. The molecule has 0 bridgehead atoms. The number of carbonyl (C=O) groups is 1. The van der Waals surface area contributed by atoms with E-state index in [1.165, 1.54) is 5.56 Å². The molecule has 0 unspecified atom stereocenters. The van der Waals surface area contributed by atoms with Crippen LogP contribution in [-0.2, 0) is 11.2 Å². The Labute approximate surface area is 121 Å². The van der Waals surface area contributed by atoms with Crippen molar-refractivity contribution < 1.29 is 14.6 Å². The minimum Gasteiger partial charge on any atom is -0.497 e. The molecule has 20 heavy (non-hydrogen) atoms. The molecule has 0 atom stereocenters. The highest BCUT2D eigenvalue weighted by Crippen LogP contribution is 2.12. The molecule has 0 spiro atoms. The first-order chi connectivity index (χ1) is 9.51. The molecule has 112 valence electrons. The average molecular weight is 279 g/mol. The minimum atomic E-state index is -0.733. The van der Waals surface area contributed by atoms with Gasteiger partial charge in [0.15, 0.2) is 0 Å². The number of hydrogen-bond acceptors (Lipinski definition) is 3. The lowest BCUT2D eigenvalue weighted by Gasteiger charge is -2.23. The van der Waals surface area contributed by atoms with Crippen LogP contribution < -0.4 is 4.74 Å². The normalized spacial score (nSPS) is 11.1. The van der Waals surface area contributed by atoms with E-state index in [9.17, 15) is 4.79 Å². The summed E-state index contributed by atoms with van der Waals surface area (Å²) in [5.41, 5.74) is 1.25. The molecular formula is C16H25NO3. The van der Waals surface area contributed by atoms with Crippen LogP contribution in [0.15, 0.2) is 24.3 Å². The van der Waals surface area contributed by atoms with Gasteiger partial charge in [-0.3, -0.25) is 4.79 Å². The molecule has 1 aromatic rings. The second kappa shape index (κ2) is 8.59. The van der Waals surface area contributed by atoms with Gasteiger partial charge in [0.05, 0.1) is 13.5 Å². The Morgan fingerprint density at radius 2 is 1.90 bits per heavy atom. The second-order valence-corrected chi connectivity index (χ2v) is 5.44. The molecule has 1 aromatic carbocycles. The molecule has 0 radical (unpaired) electrons. The first kappa shape index (κ1) is 16.5. The second-order valence-electron chi connectivity index (χ2n) is 5.44. The van der Waals surface area contributed by atoms with Crippen LogP contribution in [0, 0.1) is 5.92 Å². The summed E-state index contributed by atoms with van der Waals surface area (Å²) in [4.78, 5) is 12.9. The number of rotatable bonds is 9. The van der Waals surface area contributed by atoms with Crippen LogP contribution in [0.1, 0.15) is 25.8 Å². The van der Waals surface area contributed by atoms with Crippen molar-refractivity contribution >= 4 is 5.97 Å². The number of aliphatic carboxylic acids is 1. The number of methoxy groups -OCH3 is 1. The van der Waals surface area contributed by atoms with E-state index in [1.54, 1.807) is 7.11 Å². The monoisotopic (exact) mass is 279 g/mol. The van der Waals surface area contributed by atoms with Gasteiger partial charge in [0, 0.05) is 19.6 Å². The van der Waals surface area contributed by atoms with Gasteiger partial charge in [0.25, 0.3) is 0 Å². The van der Waals surface area contributed by atoms with Crippen molar-refractivity contribution in [3.8, 4) is 5.75 Å². The fraction of sp³-hybridized carbons (Fsp3) is 0.562. The number of ether oxygens (including phenoxy) is 1. The van der Waals surface area contributed by atoms with Crippen LogP contribution in [0.5, 0.6) is 5.75 Å². The fourth-order valence-electron chi connectivity index (χ4n) is 2.14. The van der Waals surface area contributed by atoms with Crippen LogP contribution in [0.2, 0.25) is 0 Å². The Kier molecular flexibility index (Phi) is 7.09. The summed E-state index contributed by atoms with van der Waals surface area (Å²) in [7, 11) is 1.66. The Hall–Kier alpha value is -1.55. The SMILES string of the molecule is COc1ccc(CCN(CCC(=O)O)CC(C)C)cc1. The van der Waals surface area contributed by atoms with E-state index in [2.05, 4.69) is 30.9 Å². The van der Waals surface area contributed by atoms with Gasteiger partial charge in [-0.05, 0) is 30.0 Å². The smallest absolute Gasteiger partial charge is 0.304 e. The topological polar surface area (TPSA) is 49.8 Å². The van der Waals surface area contributed by atoms with Gasteiger partial charge in [-0.25, -0.2) is 0 Å². The number of carboxylic acid groups (broad SMARTS) is 1. The van der Waals surface area contributed by atoms with Gasteiger partial charge in [-0.2, -0.15) is 0 Å². The Balaban J connectivity index is 2.48. The van der Waals surface area contributed by atoms with Crippen molar-refractivity contribution in [2.45, 2.75) is 26.7 Å². The van der Waals surface area contributed by atoms with Crippen molar-refractivity contribution in [1.82, 2.24) is 4.90 Å². The first-order valence-corrected chi connectivity index (χ1v) is 7.08. The molecule has 0 aliphatic heterocycles. The van der Waals surface area contributed by atoms with Crippen LogP contribution in [0.4, 0.5) is 0 Å². The van der Waals surface area contributed by atoms with E-state index >= 15 is 0 Å². The lowest BCUT2D eigenvalue weighted by Crippen LogP contribution is -2.32. The molecular weight excluding hydrogens is 254 g/mol. The van der Waals surface area contributed by atoms with Gasteiger partial charge < -0.3 is 14.7 Å². The third-order valence-corrected chi connectivity index (χ3v) is 3.14. The Morgan fingerprint density at radius 3 is 2.40 bits per heavy atom. The molecule has 0 heterocycles. The third-order valence-electron chi connectivity index (χ3n) is 3.14. The van der Waals surface area contributed by atoms with Crippen molar-refractivity contribution in [1.29, 1.82) is 0 Å². The molecule has 0 amide bonds. The van der Waals surface area contributed by atoms with Crippen LogP contribution in [0.25, 0.3) is 0 Å². The van der Waals surface area contributed by atoms with E-state index in [-0.39, 0.29) is 6.42 Å². The Bertz CT molecular complexity index is 401.